The van der Waals surface area contributed by atoms with Crippen LogP contribution < -0.4 is 5.73 Å². The molecular weight excluding hydrogens is 182 g/mol. The first kappa shape index (κ1) is 12.4. The monoisotopic (exact) mass is 197 g/mol. The second-order valence-corrected chi connectivity index (χ2v) is 3.22. The van der Waals surface area contributed by atoms with Gasteiger partial charge in [0.15, 0.2) is 0 Å². The number of carbonyl (C=O) groups is 2. The average molecular weight is 197 g/mol. The lowest BCUT2D eigenvalue weighted by molar-refractivity contribution is -0.137. The van der Waals surface area contributed by atoms with Crippen molar-refractivity contribution in [3.05, 3.63) is 23.8 Å². The Balaban J connectivity index is 4.22. The van der Waals surface area contributed by atoms with Crippen molar-refractivity contribution in [2.45, 2.75) is 20.3 Å². The van der Waals surface area contributed by atoms with Crippen molar-refractivity contribution < 1.29 is 14.7 Å². The van der Waals surface area contributed by atoms with Gasteiger partial charge in [0, 0.05) is 6.08 Å². The van der Waals surface area contributed by atoms with E-state index in [1.165, 1.54) is 6.08 Å². The Bertz CT molecular complexity index is 279. The zero-order valence-electron chi connectivity index (χ0n) is 8.36. The van der Waals surface area contributed by atoms with Crippen LogP contribution in [0.15, 0.2) is 23.8 Å². The van der Waals surface area contributed by atoms with Gasteiger partial charge in [0.1, 0.15) is 0 Å². The molecule has 0 aliphatic rings. The van der Waals surface area contributed by atoms with Gasteiger partial charge in [0.25, 0.3) is 0 Å². The predicted octanol–water partition coefficient (Wildman–Crippen LogP) is 1.08. The van der Waals surface area contributed by atoms with Gasteiger partial charge >= 0.3 is 5.97 Å². The van der Waals surface area contributed by atoms with Crippen LogP contribution >= 0.6 is 0 Å². The fourth-order valence-corrected chi connectivity index (χ4v) is 1.05. The van der Waals surface area contributed by atoms with Crippen LogP contribution in [0.4, 0.5) is 0 Å². The Morgan fingerprint density at radius 3 is 2.43 bits per heavy atom. The molecule has 0 bridgehead atoms. The van der Waals surface area contributed by atoms with Gasteiger partial charge in [-0.1, -0.05) is 24.6 Å². The standard InChI is InChI=1S/C10H15NO3/c1-7(3-4-9(11)12)5-8(2)6-10(13)14/h3-5,8H,6H2,1-2H3,(H2,11,12)(H,13,14)/b4-3+,7-5+/t8-/m0/s1. The van der Waals surface area contributed by atoms with Gasteiger partial charge in [-0.25, -0.2) is 0 Å². The van der Waals surface area contributed by atoms with Gasteiger partial charge in [-0.3, -0.25) is 9.59 Å². The highest BCUT2D eigenvalue weighted by molar-refractivity contribution is 5.86. The maximum absolute atomic E-state index is 10.4. The second-order valence-electron chi connectivity index (χ2n) is 3.22. The lowest BCUT2D eigenvalue weighted by Crippen LogP contribution is -2.05. The molecule has 4 nitrogen and oxygen atoms in total. The van der Waals surface area contributed by atoms with E-state index in [0.717, 1.165) is 5.57 Å². The minimum atomic E-state index is -0.833. The van der Waals surface area contributed by atoms with E-state index in [0.29, 0.717) is 0 Å². The smallest absolute Gasteiger partial charge is 0.303 e. The molecule has 1 atom stereocenters. The molecule has 3 N–H and O–H groups in total. The number of allylic oxidation sites excluding steroid dienone is 3. The summed E-state index contributed by atoms with van der Waals surface area (Å²) in [5.41, 5.74) is 5.74. The molecule has 0 saturated heterocycles. The molecular formula is C10H15NO3. The van der Waals surface area contributed by atoms with Crippen LogP contribution in [0.1, 0.15) is 20.3 Å². The molecule has 0 spiro atoms. The maximum Gasteiger partial charge on any atom is 0.303 e. The Morgan fingerprint density at radius 1 is 1.43 bits per heavy atom. The molecule has 0 aromatic rings. The van der Waals surface area contributed by atoms with Crippen LogP contribution in [0.5, 0.6) is 0 Å². The van der Waals surface area contributed by atoms with Crippen LogP contribution in [0.25, 0.3) is 0 Å². The zero-order chi connectivity index (χ0) is 11.1. The topological polar surface area (TPSA) is 80.4 Å². The molecule has 14 heavy (non-hydrogen) atoms. The molecule has 0 aromatic carbocycles. The number of amides is 1. The van der Waals surface area contributed by atoms with E-state index in [4.69, 9.17) is 10.8 Å². The highest BCUT2D eigenvalue weighted by atomic mass is 16.4. The van der Waals surface area contributed by atoms with Crippen LogP contribution in [0, 0.1) is 5.92 Å². The van der Waals surface area contributed by atoms with Gasteiger partial charge in [-0.2, -0.15) is 0 Å². The minimum absolute atomic E-state index is 0.0509. The lowest BCUT2D eigenvalue weighted by Gasteiger charge is -2.02. The summed E-state index contributed by atoms with van der Waals surface area (Å²) >= 11 is 0. The first-order valence-electron chi connectivity index (χ1n) is 4.29. The summed E-state index contributed by atoms with van der Waals surface area (Å²) in [6, 6.07) is 0. The second kappa shape index (κ2) is 5.96. The summed E-state index contributed by atoms with van der Waals surface area (Å²) in [5, 5.41) is 8.49. The average Bonchev–Trinajstić information content (AvgIpc) is 1.98. The number of hydrogen-bond acceptors (Lipinski definition) is 2. The van der Waals surface area contributed by atoms with Crippen LogP contribution in [0.2, 0.25) is 0 Å². The maximum atomic E-state index is 10.4. The third-order valence-corrected chi connectivity index (χ3v) is 1.55. The predicted molar refractivity (Wildman–Crippen MR) is 53.5 cm³/mol. The minimum Gasteiger partial charge on any atom is -0.481 e. The summed E-state index contributed by atoms with van der Waals surface area (Å²) < 4.78 is 0. The van der Waals surface area contributed by atoms with Gasteiger partial charge < -0.3 is 10.8 Å². The molecule has 0 radical (unpaired) electrons. The molecule has 0 aliphatic carbocycles. The molecule has 0 rings (SSSR count). The van der Waals surface area contributed by atoms with Gasteiger partial charge in [-0.05, 0) is 12.8 Å². The quantitative estimate of drug-likeness (QED) is 0.511. The number of aliphatic carboxylic acids is 1. The van der Waals surface area contributed by atoms with Gasteiger partial charge in [-0.15, -0.1) is 0 Å². The zero-order valence-corrected chi connectivity index (χ0v) is 8.36. The van der Waals surface area contributed by atoms with Crippen molar-refractivity contribution in [1.82, 2.24) is 0 Å². The van der Waals surface area contributed by atoms with Crippen LogP contribution in [0.3, 0.4) is 0 Å². The summed E-state index contributed by atoms with van der Waals surface area (Å²) in [4.78, 5) is 20.7. The molecule has 0 heterocycles. The van der Waals surface area contributed by atoms with Crippen LogP contribution in [-0.4, -0.2) is 17.0 Å². The summed E-state index contributed by atoms with van der Waals surface area (Å²) in [7, 11) is 0. The van der Waals surface area contributed by atoms with E-state index in [1.54, 1.807) is 26.0 Å². The van der Waals surface area contributed by atoms with Crippen molar-refractivity contribution >= 4 is 11.9 Å². The fourth-order valence-electron chi connectivity index (χ4n) is 1.05. The third kappa shape index (κ3) is 7.09. The number of carboxylic acid groups (broad SMARTS) is 1. The molecule has 0 aromatic heterocycles. The van der Waals surface area contributed by atoms with E-state index in [9.17, 15) is 9.59 Å². The van der Waals surface area contributed by atoms with Crippen molar-refractivity contribution in [2.75, 3.05) is 0 Å². The van der Waals surface area contributed by atoms with Crippen molar-refractivity contribution in [3.63, 3.8) is 0 Å². The molecule has 1 amide bonds. The van der Waals surface area contributed by atoms with E-state index in [-0.39, 0.29) is 12.3 Å². The number of hydrogen-bond donors (Lipinski definition) is 2. The Hall–Kier alpha value is -1.58. The Kier molecular flexibility index (Phi) is 5.29. The number of primary amides is 1. The number of nitrogens with two attached hydrogens (primary N) is 1. The number of rotatable bonds is 5. The van der Waals surface area contributed by atoms with Gasteiger partial charge in [0.2, 0.25) is 5.91 Å². The molecule has 0 aliphatic heterocycles. The van der Waals surface area contributed by atoms with E-state index >= 15 is 0 Å². The van der Waals surface area contributed by atoms with Gasteiger partial charge in [0.05, 0.1) is 6.42 Å². The molecule has 0 saturated carbocycles. The normalized spacial score (nSPS) is 14.3. The fraction of sp³-hybridized carbons (Fsp3) is 0.400. The third-order valence-electron chi connectivity index (χ3n) is 1.55. The Labute approximate surface area is 83.1 Å². The van der Waals surface area contributed by atoms with E-state index in [2.05, 4.69) is 0 Å². The molecule has 0 fully saturated rings. The van der Waals surface area contributed by atoms with E-state index < -0.39 is 11.9 Å². The van der Waals surface area contributed by atoms with Crippen LogP contribution in [-0.2, 0) is 9.59 Å². The Morgan fingerprint density at radius 2 is 2.00 bits per heavy atom. The number of carboxylic acids is 1. The molecule has 78 valence electrons. The largest absolute Gasteiger partial charge is 0.481 e. The highest BCUT2D eigenvalue weighted by Crippen LogP contribution is 2.08. The lowest BCUT2D eigenvalue weighted by atomic mass is 10.0. The number of carbonyl (C=O) groups excluding carboxylic acids is 1. The summed E-state index contributed by atoms with van der Waals surface area (Å²) in [5.74, 6) is -1.39. The molecule has 0 unspecified atom stereocenters. The first-order valence-corrected chi connectivity index (χ1v) is 4.29. The highest BCUT2D eigenvalue weighted by Gasteiger charge is 2.03. The van der Waals surface area contributed by atoms with E-state index in [1.807, 2.05) is 0 Å². The summed E-state index contributed by atoms with van der Waals surface area (Å²) in [6.45, 7) is 3.59. The van der Waals surface area contributed by atoms with Crippen molar-refractivity contribution in [2.24, 2.45) is 11.7 Å². The van der Waals surface area contributed by atoms with Crippen molar-refractivity contribution in [1.29, 1.82) is 0 Å². The molecule has 4 heteroatoms. The first-order chi connectivity index (χ1) is 6.41. The summed E-state index contributed by atoms with van der Waals surface area (Å²) in [6.07, 6.45) is 4.69. The SMILES string of the molecule is CC(/C=C/C(N)=O)=C\[C@H](C)CC(=O)O. The van der Waals surface area contributed by atoms with Crippen molar-refractivity contribution in [3.8, 4) is 0 Å².